The summed E-state index contributed by atoms with van der Waals surface area (Å²) in [6.07, 6.45) is 0.208. The van der Waals surface area contributed by atoms with Gasteiger partial charge in [0.1, 0.15) is 11.6 Å². The van der Waals surface area contributed by atoms with E-state index in [0.717, 1.165) is 0 Å². The average Bonchev–Trinajstić information content (AvgIpc) is 2.50. The maximum Gasteiger partial charge on any atom is 0.225 e. The van der Waals surface area contributed by atoms with Gasteiger partial charge in [0.15, 0.2) is 0 Å². The van der Waals surface area contributed by atoms with Crippen LogP contribution in [0.5, 0.6) is 0 Å². The Bertz CT molecular complexity index is 646. The van der Waals surface area contributed by atoms with Gasteiger partial charge in [0.05, 0.1) is 5.69 Å². The van der Waals surface area contributed by atoms with E-state index >= 15 is 0 Å². The molecule has 5 heteroatoms. The first kappa shape index (κ1) is 16.1. The maximum atomic E-state index is 13.5. The standard InChI is InChI=1S/C17H18F2N2O/c1-21(12-13-6-2-3-7-14(13)18)11-10-17(22)20-16-9-5-4-8-15(16)19/h2-9H,10-12H2,1H3,(H,20,22). The number of anilines is 1. The van der Waals surface area contributed by atoms with Crippen molar-refractivity contribution in [1.29, 1.82) is 0 Å². The second-order valence-electron chi connectivity index (χ2n) is 5.11. The van der Waals surface area contributed by atoms with Crippen LogP contribution < -0.4 is 5.32 Å². The predicted octanol–water partition coefficient (Wildman–Crippen LogP) is 3.43. The summed E-state index contributed by atoms with van der Waals surface area (Å²) in [6.45, 7) is 0.869. The fourth-order valence-electron chi connectivity index (χ4n) is 2.06. The molecule has 1 N–H and O–H groups in total. The first-order valence-corrected chi connectivity index (χ1v) is 7.02. The quantitative estimate of drug-likeness (QED) is 0.887. The Balaban J connectivity index is 1.81. The number of amides is 1. The molecule has 2 aromatic rings. The fourth-order valence-corrected chi connectivity index (χ4v) is 2.06. The Morgan fingerprint density at radius 3 is 2.36 bits per heavy atom. The van der Waals surface area contributed by atoms with E-state index in [-0.39, 0.29) is 23.8 Å². The lowest BCUT2D eigenvalue weighted by molar-refractivity contribution is -0.116. The molecule has 0 fully saturated rings. The number of carbonyl (C=O) groups is 1. The molecule has 0 atom stereocenters. The van der Waals surface area contributed by atoms with Crippen molar-refractivity contribution in [3.8, 4) is 0 Å². The van der Waals surface area contributed by atoms with Gasteiger partial charge < -0.3 is 10.2 Å². The molecular weight excluding hydrogens is 286 g/mol. The van der Waals surface area contributed by atoms with Gasteiger partial charge in [0.2, 0.25) is 5.91 Å². The Labute approximate surface area is 128 Å². The van der Waals surface area contributed by atoms with Crippen molar-refractivity contribution in [3.63, 3.8) is 0 Å². The van der Waals surface area contributed by atoms with Gasteiger partial charge in [0.25, 0.3) is 0 Å². The number of rotatable bonds is 6. The van der Waals surface area contributed by atoms with Gasteiger partial charge in [-0.2, -0.15) is 0 Å². The van der Waals surface area contributed by atoms with Crippen molar-refractivity contribution in [1.82, 2.24) is 4.90 Å². The van der Waals surface area contributed by atoms with Crippen LogP contribution in [0.15, 0.2) is 48.5 Å². The summed E-state index contributed by atoms with van der Waals surface area (Å²) in [5.74, 6) is -0.994. The van der Waals surface area contributed by atoms with E-state index < -0.39 is 5.82 Å². The lowest BCUT2D eigenvalue weighted by Gasteiger charge is -2.17. The zero-order valence-corrected chi connectivity index (χ0v) is 12.4. The summed E-state index contributed by atoms with van der Waals surface area (Å²) in [4.78, 5) is 13.7. The molecule has 0 spiro atoms. The predicted molar refractivity (Wildman–Crippen MR) is 82.4 cm³/mol. The van der Waals surface area contributed by atoms with Crippen LogP contribution in [0.2, 0.25) is 0 Å². The molecule has 0 heterocycles. The molecule has 1 amide bonds. The summed E-state index contributed by atoms with van der Waals surface area (Å²) < 4.78 is 26.9. The molecule has 2 rings (SSSR count). The van der Waals surface area contributed by atoms with Crippen LogP contribution >= 0.6 is 0 Å². The Hall–Kier alpha value is -2.27. The number of benzene rings is 2. The van der Waals surface area contributed by atoms with E-state index in [2.05, 4.69) is 5.32 Å². The number of nitrogens with one attached hydrogen (secondary N) is 1. The van der Waals surface area contributed by atoms with Gasteiger partial charge in [-0.05, 0) is 25.2 Å². The van der Waals surface area contributed by atoms with Crippen LogP contribution in [0.3, 0.4) is 0 Å². The number of nitrogens with zero attached hydrogens (tertiary/aromatic N) is 1. The molecule has 0 aliphatic rings. The van der Waals surface area contributed by atoms with Gasteiger partial charge in [-0.15, -0.1) is 0 Å². The van der Waals surface area contributed by atoms with Crippen molar-refractivity contribution < 1.29 is 13.6 Å². The highest BCUT2D eigenvalue weighted by Gasteiger charge is 2.09. The first-order valence-electron chi connectivity index (χ1n) is 7.02. The minimum absolute atomic E-state index is 0.171. The average molecular weight is 304 g/mol. The summed E-state index contributed by atoms with van der Waals surface area (Å²) in [6, 6.07) is 12.6. The maximum absolute atomic E-state index is 13.5. The normalized spacial score (nSPS) is 10.7. The third-order valence-electron chi connectivity index (χ3n) is 3.27. The van der Waals surface area contributed by atoms with E-state index in [9.17, 15) is 13.6 Å². The SMILES string of the molecule is CN(CCC(=O)Nc1ccccc1F)Cc1ccccc1F. The highest BCUT2D eigenvalue weighted by atomic mass is 19.1. The Morgan fingerprint density at radius 1 is 1.05 bits per heavy atom. The van der Waals surface area contributed by atoms with Gasteiger partial charge in [-0.3, -0.25) is 4.79 Å². The molecule has 3 nitrogen and oxygen atoms in total. The van der Waals surface area contributed by atoms with Crippen molar-refractivity contribution in [2.75, 3.05) is 18.9 Å². The van der Waals surface area contributed by atoms with Crippen molar-refractivity contribution in [3.05, 3.63) is 65.7 Å². The Morgan fingerprint density at radius 2 is 1.68 bits per heavy atom. The molecule has 0 radical (unpaired) electrons. The topological polar surface area (TPSA) is 32.3 Å². The largest absolute Gasteiger partial charge is 0.324 e. The lowest BCUT2D eigenvalue weighted by atomic mass is 10.2. The number of carbonyl (C=O) groups excluding carboxylic acids is 1. The number of para-hydroxylation sites is 1. The van der Waals surface area contributed by atoms with Crippen molar-refractivity contribution >= 4 is 11.6 Å². The number of hydrogen-bond donors (Lipinski definition) is 1. The van der Waals surface area contributed by atoms with Gasteiger partial charge in [-0.1, -0.05) is 30.3 Å². The van der Waals surface area contributed by atoms with E-state index in [1.54, 1.807) is 30.3 Å². The summed E-state index contributed by atoms with van der Waals surface area (Å²) >= 11 is 0. The van der Waals surface area contributed by atoms with Crippen molar-refractivity contribution in [2.45, 2.75) is 13.0 Å². The molecule has 0 aliphatic carbocycles. The number of halogens is 2. The smallest absolute Gasteiger partial charge is 0.225 e. The number of hydrogen-bond acceptors (Lipinski definition) is 2. The van der Waals surface area contributed by atoms with E-state index in [1.165, 1.54) is 18.2 Å². The molecule has 0 saturated carbocycles. The highest BCUT2D eigenvalue weighted by molar-refractivity contribution is 5.90. The fraction of sp³-hybridized carbons (Fsp3) is 0.235. The second-order valence-corrected chi connectivity index (χ2v) is 5.11. The second kappa shape index (κ2) is 7.66. The van der Waals surface area contributed by atoms with Crippen molar-refractivity contribution in [2.24, 2.45) is 0 Å². The van der Waals surface area contributed by atoms with Crippen LogP contribution in [0.25, 0.3) is 0 Å². The third kappa shape index (κ3) is 4.63. The molecule has 0 aliphatic heterocycles. The first-order chi connectivity index (χ1) is 10.6. The van der Waals surface area contributed by atoms with Crippen LogP contribution in [0.4, 0.5) is 14.5 Å². The summed E-state index contributed by atoms with van der Waals surface area (Å²) in [5, 5.41) is 2.53. The van der Waals surface area contributed by atoms with Gasteiger partial charge >= 0.3 is 0 Å². The zero-order chi connectivity index (χ0) is 15.9. The van der Waals surface area contributed by atoms with E-state index in [1.807, 2.05) is 11.9 Å². The van der Waals surface area contributed by atoms with Crippen LogP contribution in [0.1, 0.15) is 12.0 Å². The molecule has 22 heavy (non-hydrogen) atoms. The van der Waals surface area contributed by atoms with Crippen LogP contribution in [0, 0.1) is 11.6 Å². The minimum Gasteiger partial charge on any atom is -0.324 e. The van der Waals surface area contributed by atoms with Gasteiger partial charge in [-0.25, -0.2) is 8.78 Å². The molecule has 116 valence electrons. The summed E-state index contributed by atoms with van der Waals surface area (Å²) in [5.41, 5.74) is 0.753. The minimum atomic E-state index is -0.462. The van der Waals surface area contributed by atoms with Crippen LogP contribution in [-0.4, -0.2) is 24.4 Å². The Kier molecular flexibility index (Phi) is 5.61. The highest BCUT2D eigenvalue weighted by Crippen LogP contribution is 2.13. The molecule has 0 unspecified atom stereocenters. The van der Waals surface area contributed by atoms with Crippen LogP contribution in [-0.2, 0) is 11.3 Å². The molecule has 2 aromatic carbocycles. The molecule has 0 bridgehead atoms. The molecule has 0 aromatic heterocycles. The third-order valence-corrected chi connectivity index (χ3v) is 3.27. The van der Waals surface area contributed by atoms with Gasteiger partial charge in [0, 0.05) is 25.1 Å². The molecule has 0 saturated heterocycles. The zero-order valence-electron chi connectivity index (χ0n) is 12.4. The van der Waals surface area contributed by atoms with E-state index in [0.29, 0.717) is 18.7 Å². The summed E-state index contributed by atoms with van der Waals surface area (Å²) in [7, 11) is 1.81. The monoisotopic (exact) mass is 304 g/mol. The lowest BCUT2D eigenvalue weighted by Crippen LogP contribution is -2.24. The molecular formula is C17H18F2N2O. The van der Waals surface area contributed by atoms with E-state index in [4.69, 9.17) is 0 Å².